The highest BCUT2D eigenvalue weighted by Crippen LogP contribution is 2.12. The summed E-state index contributed by atoms with van der Waals surface area (Å²) >= 11 is 0. The number of aromatic nitrogens is 1. The normalized spacial score (nSPS) is 22.6. The summed E-state index contributed by atoms with van der Waals surface area (Å²) < 4.78 is 5.38. The molecule has 3 heteroatoms. The average molecular weight is 178 g/mol. The summed E-state index contributed by atoms with van der Waals surface area (Å²) in [5.74, 6) is 0. The molecule has 1 aromatic rings. The van der Waals surface area contributed by atoms with E-state index in [0.29, 0.717) is 6.04 Å². The first-order valence-electron chi connectivity index (χ1n) is 4.69. The van der Waals surface area contributed by atoms with E-state index in [1.165, 1.54) is 6.42 Å². The molecule has 0 amide bonds. The van der Waals surface area contributed by atoms with E-state index >= 15 is 0 Å². The monoisotopic (exact) mass is 178 g/mol. The zero-order chi connectivity index (χ0) is 8.93. The van der Waals surface area contributed by atoms with Crippen LogP contribution in [0.5, 0.6) is 0 Å². The summed E-state index contributed by atoms with van der Waals surface area (Å²) in [6.07, 6.45) is 5.95. The van der Waals surface area contributed by atoms with Gasteiger partial charge in [-0.2, -0.15) is 0 Å². The molecule has 0 bridgehead atoms. The number of hydrogen-bond donors (Lipinski definition) is 1. The Labute approximate surface area is 78.1 Å². The molecule has 2 heterocycles. The lowest BCUT2D eigenvalue weighted by molar-refractivity contribution is 0.0876. The molecule has 0 spiro atoms. The SMILES string of the molecule is c1cc(NC2CCCOC2)ccn1. The number of hydrogen-bond acceptors (Lipinski definition) is 3. The van der Waals surface area contributed by atoms with Gasteiger partial charge in [-0.1, -0.05) is 0 Å². The largest absolute Gasteiger partial charge is 0.380 e. The van der Waals surface area contributed by atoms with Crippen molar-refractivity contribution < 1.29 is 4.74 Å². The third-order valence-electron chi connectivity index (χ3n) is 2.21. The molecule has 13 heavy (non-hydrogen) atoms. The molecule has 70 valence electrons. The van der Waals surface area contributed by atoms with Gasteiger partial charge in [0.25, 0.3) is 0 Å². The maximum absolute atomic E-state index is 5.38. The van der Waals surface area contributed by atoms with Crippen molar-refractivity contribution in [1.29, 1.82) is 0 Å². The number of pyridine rings is 1. The Kier molecular flexibility index (Phi) is 2.77. The summed E-state index contributed by atoms with van der Waals surface area (Å²) in [4.78, 5) is 3.97. The fraction of sp³-hybridized carbons (Fsp3) is 0.500. The maximum Gasteiger partial charge on any atom is 0.0667 e. The molecule has 1 atom stereocenters. The molecule has 3 nitrogen and oxygen atoms in total. The van der Waals surface area contributed by atoms with Crippen LogP contribution in [-0.4, -0.2) is 24.2 Å². The molecule has 1 aromatic heterocycles. The van der Waals surface area contributed by atoms with Crippen molar-refractivity contribution in [2.75, 3.05) is 18.5 Å². The van der Waals surface area contributed by atoms with Crippen LogP contribution in [0.15, 0.2) is 24.5 Å². The Hall–Kier alpha value is -1.09. The van der Waals surface area contributed by atoms with Crippen LogP contribution in [0.25, 0.3) is 0 Å². The minimum Gasteiger partial charge on any atom is -0.380 e. The van der Waals surface area contributed by atoms with Crippen molar-refractivity contribution in [3.05, 3.63) is 24.5 Å². The molecule has 1 aliphatic rings. The third kappa shape index (κ3) is 2.42. The molecule has 2 rings (SSSR count). The molecule has 1 saturated heterocycles. The number of rotatable bonds is 2. The van der Waals surface area contributed by atoms with Crippen LogP contribution in [0, 0.1) is 0 Å². The predicted octanol–water partition coefficient (Wildman–Crippen LogP) is 1.67. The Morgan fingerprint density at radius 3 is 2.92 bits per heavy atom. The zero-order valence-electron chi connectivity index (χ0n) is 7.57. The van der Waals surface area contributed by atoms with Crippen molar-refractivity contribution in [2.24, 2.45) is 0 Å². The van der Waals surface area contributed by atoms with Crippen LogP contribution < -0.4 is 5.32 Å². The van der Waals surface area contributed by atoms with Gasteiger partial charge >= 0.3 is 0 Å². The number of nitrogens with zero attached hydrogens (tertiary/aromatic N) is 1. The molecule has 0 aliphatic carbocycles. The van der Waals surface area contributed by atoms with Crippen LogP contribution in [0.1, 0.15) is 12.8 Å². The highest BCUT2D eigenvalue weighted by molar-refractivity contribution is 5.41. The van der Waals surface area contributed by atoms with Gasteiger partial charge < -0.3 is 10.1 Å². The molecular weight excluding hydrogens is 164 g/mol. The van der Waals surface area contributed by atoms with E-state index in [0.717, 1.165) is 25.3 Å². The Balaban J connectivity index is 1.90. The lowest BCUT2D eigenvalue weighted by atomic mass is 10.1. The van der Waals surface area contributed by atoms with Crippen LogP contribution >= 0.6 is 0 Å². The molecule has 0 saturated carbocycles. The van der Waals surface area contributed by atoms with Crippen molar-refractivity contribution in [3.63, 3.8) is 0 Å². The van der Waals surface area contributed by atoms with Gasteiger partial charge in [0.2, 0.25) is 0 Å². The predicted molar refractivity (Wildman–Crippen MR) is 51.7 cm³/mol. The number of anilines is 1. The van der Waals surface area contributed by atoms with Crippen molar-refractivity contribution in [1.82, 2.24) is 4.98 Å². The average Bonchev–Trinajstić information content (AvgIpc) is 2.21. The number of nitrogens with one attached hydrogen (secondary N) is 1. The second kappa shape index (κ2) is 4.23. The van der Waals surface area contributed by atoms with E-state index < -0.39 is 0 Å². The Morgan fingerprint density at radius 1 is 1.38 bits per heavy atom. The Bertz CT molecular complexity index is 244. The first-order chi connectivity index (χ1) is 6.45. The van der Waals surface area contributed by atoms with E-state index in [9.17, 15) is 0 Å². The molecule has 0 aromatic carbocycles. The van der Waals surface area contributed by atoms with Crippen LogP contribution in [0.2, 0.25) is 0 Å². The van der Waals surface area contributed by atoms with Crippen LogP contribution in [-0.2, 0) is 4.74 Å². The van der Waals surface area contributed by atoms with Gasteiger partial charge in [-0.3, -0.25) is 4.98 Å². The maximum atomic E-state index is 5.38. The van der Waals surface area contributed by atoms with Gasteiger partial charge in [-0.05, 0) is 25.0 Å². The number of ether oxygens (including phenoxy) is 1. The van der Waals surface area contributed by atoms with Gasteiger partial charge in [0.1, 0.15) is 0 Å². The van der Waals surface area contributed by atoms with Crippen LogP contribution in [0.3, 0.4) is 0 Å². The fourth-order valence-electron chi connectivity index (χ4n) is 1.54. The lowest BCUT2D eigenvalue weighted by Crippen LogP contribution is -2.29. The van der Waals surface area contributed by atoms with Crippen molar-refractivity contribution in [3.8, 4) is 0 Å². The Morgan fingerprint density at radius 2 is 2.23 bits per heavy atom. The standard InChI is InChI=1S/C10H14N2O/c1-2-10(8-13-7-1)12-9-3-5-11-6-4-9/h3-6,10H,1-2,7-8H2,(H,11,12). The fourth-order valence-corrected chi connectivity index (χ4v) is 1.54. The summed E-state index contributed by atoms with van der Waals surface area (Å²) in [5, 5.41) is 3.42. The second-order valence-electron chi connectivity index (χ2n) is 3.29. The third-order valence-corrected chi connectivity index (χ3v) is 2.21. The molecular formula is C10H14N2O. The highest BCUT2D eigenvalue weighted by Gasteiger charge is 2.12. The topological polar surface area (TPSA) is 34.1 Å². The minimum atomic E-state index is 0.469. The molecule has 0 radical (unpaired) electrons. The molecule has 1 unspecified atom stereocenters. The summed E-state index contributed by atoms with van der Waals surface area (Å²) in [6, 6.07) is 4.43. The summed E-state index contributed by atoms with van der Waals surface area (Å²) in [5.41, 5.74) is 1.13. The van der Waals surface area contributed by atoms with E-state index in [1.807, 2.05) is 12.1 Å². The first-order valence-corrected chi connectivity index (χ1v) is 4.69. The highest BCUT2D eigenvalue weighted by atomic mass is 16.5. The van der Waals surface area contributed by atoms with Gasteiger partial charge in [-0.25, -0.2) is 0 Å². The second-order valence-corrected chi connectivity index (χ2v) is 3.29. The van der Waals surface area contributed by atoms with Gasteiger partial charge in [0.15, 0.2) is 0 Å². The van der Waals surface area contributed by atoms with E-state index in [-0.39, 0.29) is 0 Å². The summed E-state index contributed by atoms with van der Waals surface area (Å²) in [7, 11) is 0. The molecule has 1 fully saturated rings. The quantitative estimate of drug-likeness (QED) is 0.748. The van der Waals surface area contributed by atoms with E-state index in [1.54, 1.807) is 12.4 Å². The zero-order valence-corrected chi connectivity index (χ0v) is 7.57. The van der Waals surface area contributed by atoms with E-state index in [4.69, 9.17) is 4.74 Å². The van der Waals surface area contributed by atoms with Gasteiger partial charge in [0.05, 0.1) is 6.61 Å². The molecule has 1 aliphatic heterocycles. The van der Waals surface area contributed by atoms with Crippen molar-refractivity contribution >= 4 is 5.69 Å². The first kappa shape index (κ1) is 8.51. The van der Waals surface area contributed by atoms with Gasteiger partial charge in [0, 0.05) is 30.7 Å². The van der Waals surface area contributed by atoms with Gasteiger partial charge in [-0.15, -0.1) is 0 Å². The summed E-state index contributed by atoms with van der Waals surface area (Å²) in [6.45, 7) is 1.73. The molecule has 1 N–H and O–H groups in total. The van der Waals surface area contributed by atoms with E-state index in [2.05, 4.69) is 10.3 Å². The minimum absolute atomic E-state index is 0.469. The lowest BCUT2D eigenvalue weighted by Gasteiger charge is -2.23. The smallest absolute Gasteiger partial charge is 0.0667 e. The van der Waals surface area contributed by atoms with Crippen LogP contribution in [0.4, 0.5) is 5.69 Å². The van der Waals surface area contributed by atoms with Crippen molar-refractivity contribution in [2.45, 2.75) is 18.9 Å².